The highest BCUT2D eigenvalue weighted by molar-refractivity contribution is 6.32. The Morgan fingerprint density at radius 3 is 2.71 bits per heavy atom. The van der Waals surface area contributed by atoms with Crippen LogP contribution in [0.2, 0.25) is 5.15 Å². The molecule has 0 spiro atoms. The monoisotopic (exact) mass is 250 g/mol. The Morgan fingerprint density at radius 2 is 2.00 bits per heavy atom. The number of rotatable bonds is 2. The van der Waals surface area contributed by atoms with E-state index in [0.29, 0.717) is 5.69 Å². The molecule has 2 rings (SSSR count). The number of nitrogens with zero attached hydrogens (tertiary/aromatic N) is 1. The molecule has 1 amide bonds. The minimum Gasteiger partial charge on any atom is -0.319 e. The molecule has 0 bridgehead atoms. The first kappa shape index (κ1) is 11.5. The number of nitrogens with one attached hydrogen (secondary N) is 1. The minimum atomic E-state index is -0.579. The molecule has 0 aliphatic carbocycles. The van der Waals surface area contributed by atoms with Crippen molar-refractivity contribution < 1.29 is 9.18 Å². The van der Waals surface area contributed by atoms with Crippen molar-refractivity contribution in [2.24, 2.45) is 0 Å². The molecule has 1 aromatic heterocycles. The molecule has 17 heavy (non-hydrogen) atoms. The Hall–Kier alpha value is -1.94. The molecule has 3 nitrogen and oxygen atoms in total. The zero-order valence-electron chi connectivity index (χ0n) is 8.65. The van der Waals surface area contributed by atoms with Crippen molar-refractivity contribution in [2.45, 2.75) is 0 Å². The van der Waals surface area contributed by atoms with Gasteiger partial charge in [0.25, 0.3) is 5.91 Å². The second-order valence-electron chi connectivity index (χ2n) is 3.28. The molecule has 0 aliphatic rings. The van der Waals surface area contributed by atoms with E-state index in [1.165, 1.54) is 24.4 Å². The molecule has 0 radical (unpaired) electrons. The predicted octanol–water partition coefficient (Wildman–Crippen LogP) is 3.13. The van der Waals surface area contributed by atoms with Crippen LogP contribution in [0.5, 0.6) is 0 Å². The van der Waals surface area contributed by atoms with Crippen LogP contribution in [0.1, 0.15) is 10.4 Å². The molecule has 0 aliphatic heterocycles. The van der Waals surface area contributed by atoms with Gasteiger partial charge >= 0.3 is 0 Å². The smallest absolute Gasteiger partial charge is 0.258 e. The van der Waals surface area contributed by atoms with Crippen LogP contribution >= 0.6 is 11.6 Å². The lowest BCUT2D eigenvalue weighted by Crippen LogP contribution is -2.14. The van der Waals surface area contributed by atoms with Gasteiger partial charge in [0.1, 0.15) is 5.82 Å². The van der Waals surface area contributed by atoms with Crippen LogP contribution in [0, 0.1) is 5.82 Å². The van der Waals surface area contributed by atoms with E-state index in [1.807, 2.05) is 0 Å². The normalized spacial score (nSPS) is 10.0. The zero-order valence-corrected chi connectivity index (χ0v) is 9.41. The van der Waals surface area contributed by atoms with E-state index in [0.717, 1.165) is 0 Å². The summed E-state index contributed by atoms with van der Waals surface area (Å²) in [5, 5.41) is 2.66. The highest BCUT2D eigenvalue weighted by Gasteiger charge is 2.12. The summed E-state index contributed by atoms with van der Waals surface area (Å²) in [6.45, 7) is 0. The first-order valence-corrected chi connectivity index (χ1v) is 5.22. The Morgan fingerprint density at radius 1 is 1.24 bits per heavy atom. The highest BCUT2D eigenvalue weighted by Crippen LogP contribution is 2.18. The standard InChI is InChI=1S/C12H8ClFN2O/c13-11-10(6-3-7-15-11)16-12(17)8-4-1-2-5-9(8)14/h1-7H,(H,16,17). The van der Waals surface area contributed by atoms with Gasteiger partial charge in [-0.3, -0.25) is 4.79 Å². The summed E-state index contributed by atoms with van der Waals surface area (Å²) in [6.07, 6.45) is 1.50. The average molecular weight is 251 g/mol. The Balaban J connectivity index is 2.24. The molecule has 5 heteroatoms. The summed E-state index contributed by atoms with van der Waals surface area (Å²) < 4.78 is 13.3. The molecule has 1 heterocycles. The number of carbonyl (C=O) groups excluding carboxylic acids is 1. The van der Waals surface area contributed by atoms with Crippen molar-refractivity contribution in [3.63, 3.8) is 0 Å². The predicted molar refractivity (Wildman–Crippen MR) is 63.6 cm³/mol. The Kier molecular flexibility index (Phi) is 3.35. The molecule has 0 saturated carbocycles. The molecule has 1 aromatic carbocycles. The lowest BCUT2D eigenvalue weighted by atomic mass is 10.2. The van der Waals surface area contributed by atoms with Gasteiger partial charge in [0.05, 0.1) is 11.3 Å². The first-order valence-electron chi connectivity index (χ1n) is 4.85. The number of carbonyl (C=O) groups is 1. The van der Waals surface area contributed by atoms with Crippen molar-refractivity contribution in [2.75, 3.05) is 5.32 Å². The van der Waals surface area contributed by atoms with Crippen molar-refractivity contribution >= 4 is 23.2 Å². The third kappa shape index (κ3) is 2.60. The first-order chi connectivity index (χ1) is 8.18. The number of hydrogen-bond donors (Lipinski definition) is 1. The quantitative estimate of drug-likeness (QED) is 0.832. The van der Waals surface area contributed by atoms with Gasteiger partial charge in [-0.2, -0.15) is 0 Å². The summed E-state index contributed by atoms with van der Waals surface area (Å²) in [7, 11) is 0. The van der Waals surface area contributed by atoms with Gasteiger partial charge in [-0.15, -0.1) is 0 Å². The maximum absolute atomic E-state index is 13.3. The number of pyridine rings is 1. The van der Waals surface area contributed by atoms with Gasteiger partial charge in [0.15, 0.2) is 5.15 Å². The van der Waals surface area contributed by atoms with E-state index in [1.54, 1.807) is 18.2 Å². The third-order valence-corrected chi connectivity index (χ3v) is 2.43. The number of hydrogen-bond acceptors (Lipinski definition) is 2. The van der Waals surface area contributed by atoms with Gasteiger partial charge in [0, 0.05) is 6.20 Å². The molecule has 1 N–H and O–H groups in total. The third-order valence-electron chi connectivity index (χ3n) is 2.13. The molecular formula is C12H8ClFN2O. The summed E-state index contributed by atoms with van der Waals surface area (Å²) >= 11 is 5.78. The van der Waals surface area contributed by atoms with E-state index < -0.39 is 11.7 Å². The minimum absolute atomic E-state index is 0.0348. The second-order valence-corrected chi connectivity index (χ2v) is 3.63. The second kappa shape index (κ2) is 4.93. The maximum Gasteiger partial charge on any atom is 0.258 e. The largest absolute Gasteiger partial charge is 0.319 e. The number of anilines is 1. The van der Waals surface area contributed by atoms with Gasteiger partial charge < -0.3 is 5.32 Å². The van der Waals surface area contributed by atoms with Crippen LogP contribution in [0.3, 0.4) is 0 Å². The fourth-order valence-electron chi connectivity index (χ4n) is 1.31. The molecule has 0 atom stereocenters. The average Bonchev–Trinajstić information content (AvgIpc) is 2.32. The number of amides is 1. The van der Waals surface area contributed by atoms with Crippen molar-refractivity contribution in [3.8, 4) is 0 Å². The fraction of sp³-hybridized carbons (Fsp3) is 0. The lowest BCUT2D eigenvalue weighted by Gasteiger charge is -2.06. The molecule has 86 valence electrons. The summed E-state index contributed by atoms with van der Waals surface area (Å²) in [6, 6.07) is 8.94. The van der Waals surface area contributed by atoms with E-state index in [4.69, 9.17) is 11.6 Å². The summed E-state index contributed by atoms with van der Waals surface area (Å²) in [5.41, 5.74) is 0.315. The lowest BCUT2D eigenvalue weighted by molar-refractivity contribution is 0.102. The number of halogens is 2. The SMILES string of the molecule is O=C(Nc1cccnc1Cl)c1ccccc1F. The van der Waals surface area contributed by atoms with Crippen LogP contribution in [0.15, 0.2) is 42.6 Å². The van der Waals surface area contributed by atoms with E-state index >= 15 is 0 Å². The van der Waals surface area contributed by atoms with Crippen LogP contribution < -0.4 is 5.32 Å². The molecule has 0 saturated heterocycles. The summed E-state index contributed by atoms with van der Waals surface area (Å²) in [4.78, 5) is 15.6. The van der Waals surface area contributed by atoms with E-state index in [9.17, 15) is 9.18 Å². The van der Waals surface area contributed by atoms with Gasteiger partial charge in [-0.05, 0) is 24.3 Å². The molecule has 0 fully saturated rings. The molecule has 0 unspecified atom stereocenters. The maximum atomic E-state index is 13.3. The highest BCUT2D eigenvalue weighted by atomic mass is 35.5. The fourth-order valence-corrected chi connectivity index (χ4v) is 1.48. The van der Waals surface area contributed by atoms with Gasteiger partial charge in [-0.1, -0.05) is 23.7 Å². The van der Waals surface area contributed by atoms with E-state index in [-0.39, 0.29) is 10.7 Å². The van der Waals surface area contributed by atoms with Gasteiger partial charge in [-0.25, -0.2) is 9.37 Å². The molecular weight excluding hydrogens is 243 g/mol. The Labute approximate surface area is 102 Å². The zero-order chi connectivity index (χ0) is 12.3. The summed E-state index contributed by atoms with van der Waals surface area (Å²) in [5.74, 6) is -1.14. The van der Waals surface area contributed by atoms with E-state index in [2.05, 4.69) is 10.3 Å². The topological polar surface area (TPSA) is 42.0 Å². The number of aromatic nitrogens is 1. The Bertz CT molecular complexity index is 560. The van der Waals surface area contributed by atoms with Gasteiger partial charge in [0.2, 0.25) is 0 Å². The van der Waals surface area contributed by atoms with Crippen LogP contribution in [-0.4, -0.2) is 10.9 Å². The van der Waals surface area contributed by atoms with Crippen molar-refractivity contribution in [1.29, 1.82) is 0 Å². The van der Waals surface area contributed by atoms with Crippen LogP contribution in [0.4, 0.5) is 10.1 Å². The molecule has 2 aromatic rings. The number of benzene rings is 1. The van der Waals surface area contributed by atoms with Crippen LogP contribution in [-0.2, 0) is 0 Å². The van der Waals surface area contributed by atoms with Crippen LogP contribution in [0.25, 0.3) is 0 Å². The van der Waals surface area contributed by atoms with Crippen molar-refractivity contribution in [1.82, 2.24) is 4.98 Å². The van der Waals surface area contributed by atoms with Crippen molar-refractivity contribution in [3.05, 3.63) is 59.1 Å².